The van der Waals surface area contributed by atoms with Gasteiger partial charge in [0.25, 0.3) is 0 Å². The number of anilines is 2. The van der Waals surface area contributed by atoms with Crippen molar-refractivity contribution in [3.05, 3.63) is 78.5 Å². The highest BCUT2D eigenvalue weighted by atomic mass is 19.1. The van der Waals surface area contributed by atoms with E-state index in [4.69, 9.17) is 0 Å². The van der Waals surface area contributed by atoms with Gasteiger partial charge in [-0.05, 0) is 66.2 Å². The van der Waals surface area contributed by atoms with E-state index < -0.39 is 0 Å². The van der Waals surface area contributed by atoms with Gasteiger partial charge in [0.1, 0.15) is 12.1 Å². The fourth-order valence-electron chi connectivity index (χ4n) is 3.83. The number of halogens is 1. The van der Waals surface area contributed by atoms with E-state index in [1.165, 1.54) is 11.6 Å². The minimum Gasteiger partial charge on any atom is -0.340 e. The van der Waals surface area contributed by atoms with Crippen LogP contribution in [0, 0.1) is 5.82 Å². The summed E-state index contributed by atoms with van der Waals surface area (Å²) in [4.78, 5) is 4.50. The van der Waals surface area contributed by atoms with Crippen LogP contribution in [-0.4, -0.2) is 39.6 Å². The van der Waals surface area contributed by atoms with Crippen LogP contribution in [0.2, 0.25) is 0 Å². The van der Waals surface area contributed by atoms with Gasteiger partial charge in [0.15, 0.2) is 5.65 Å². The van der Waals surface area contributed by atoms with Crippen molar-refractivity contribution in [1.29, 1.82) is 0 Å². The zero-order chi connectivity index (χ0) is 19.1. The topological polar surface area (TPSA) is 36.7 Å². The van der Waals surface area contributed by atoms with Crippen LogP contribution in [0.3, 0.4) is 0 Å². The molecular weight excluding hydrogens is 353 g/mol. The van der Waals surface area contributed by atoms with Crippen LogP contribution < -0.4 is 4.90 Å². The Morgan fingerprint density at radius 3 is 2.75 bits per heavy atom. The molecule has 28 heavy (non-hydrogen) atoms. The molecule has 3 heterocycles. The molecule has 2 aromatic heterocycles. The van der Waals surface area contributed by atoms with E-state index >= 15 is 0 Å². The lowest BCUT2D eigenvalue weighted by atomic mass is 10.0. The fraction of sp³-hybridized carbons (Fsp3) is 0.182. The molecule has 0 atom stereocenters. The number of hydrogen-bond donors (Lipinski definition) is 0. The number of hydrogen-bond acceptors (Lipinski definition) is 4. The van der Waals surface area contributed by atoms with Crippen molar-refractivity contribution in [2.75, 3.05) is 25.0 Å². The van der Waals surface area contributed by atoms with E-state index in [0.29, 0.717) is 0 Å². The Morgan fingerprint density at radius 2 is 1.86 bits per heavy atom. The van der Waals surface area contributed by atoms with Crippen molar-refractivity contribution in [3.63, 3.8) is 0 Å². The zero-order valence-corrected chi connectivity index (χ0v) is 15.6. The average molecular weight is 373 g/mol. The Labute approximate surface area is 162 Å². The number of likely N-dealkylation sites (N-methyl/N-ethyl adjacent to an activating group) is 1. The molecule has 0 unspecified atom stereocenters. The Balaban J connectivity index is 1.59. The van der Waals surface area contributed by atoms with Gasteiger partial charge < -0.3 is 9.80 Å². The van der Waals surface area contributed by atoms with Gasteiger partial charge in [0, 0.05) is 37.2 Å². The Kier molecular flexibility index (Phi) is 4.06. The molecule has 6 heteroatoms. The van der Waals surface area contributed by atoms with Crippen LogP contribution in [0.5, 0.6) is 0 Å². The summed E-state index contributed by atoms with van der Waals surface area (Å²) in [7, 11) is 2.12. The Hall–Kier alpha value is -3.25. The summed E-state index contributed by atoms with van der Waals surface area (Å²) in [6.07, 6.45) is 3.75. The molecule has 4 aromatic rings. The van der Waals surface area contributed by atoms with Gasteiger partial charge in [-0.3, -0.25) is 4.40 Å². The van der Waals surface area contributed by atoms with Crippen LogP contribution in [0.1, 0.15) is 5.56 Å². The highest BCUT2D eigenvalue weighted by molar-refractivity contribution is 5.73. The molecule has 0 aliphatic carbocycles. The van der Waals surface area contributed by atoms with Crippen molar-refractivity contribution < 1.29 is 4.39 Å². The van der Waals surface area contributed by atoms with E-state index in [1.807, 2.05) is 22.7 Å². The average Bonchev–Trinajstić information content (AvgIpc) is 3.10. The second-order valence-electron chi connectivity index (χ2n) is 7.23. The first-order valence-electron chi connectivity index (χ1n) is 9.32. The van der Waals surface area contributed by atoms with Crippen LogP contribution in [-0.2, 0) is 6.54 Å². The lowest BCUT2D eigenvalue weighted by Gasteiger charge is -2.25. The number of rotatable bonds is 2. The minimum atomic E-state index is -0.212. The summed E-state index contributed by atoms with van der Waals surface area (Å²) in [6.45, 7) is 2.58. The van der Waals surface area contributed by atoms with E-state index in [9.17, 15) is 4.39 Å². The van der Waals surface area contributed by atoms with E-state index in [0.717, 1.165) is 47.8 Å². The molecule has 1 aliphatic rings. The van der Waals surface area contributed by atoms with Crippen molar-refractivity contribution >= 4 is 17.0 Å². The Bertz CT molecular complexity index is 1150. The van der Waals surface area contributed by atoms with Gasteiger partial charge in [-0.15, -0.1) is 10.2 Å². The maximum Gasteiger partial charge on any atom is 0.160 e. The third kappa shape index (κ3) is 3.01. The minimum absolute atomic E-state index is 0.212. The third-order valence-corrected chi connectivity index (χ3v) is 5.26. The van der Waals surface area contributed by atoms with Gasteiger partial charge in [-0.25, -0.2) is 4.39 Å². The fourth-order valence-corrected chi connectivity index (χ4v) is 3.83. The van der Waals surface area contributed by atoms with Crippen LogP contribution in [0.25, 0.3) is 16.8 Å². The van der Waals surface area contributed by atoms with Crippen LogP contribution >= 0.6 is 0 Å². The summed E-state index contributed by atoms with van der Waals surface area (Å²) >= 11 is 0. The molecule has 140 valence electrons. The monoisotopic (exact) mass is 373 g/mol. The van der Waals surface area contributed by atoms with Crippen LogP contribution in [0.4, 0.5) is 15.8 Å². The lowest BCUT2D eigenvalue weighted by Crippen LogP contribution is -2.26. The zero-order valence-electron chi connectivity index (χ0n) is 15.6. The third-order valence-electron chi connectivity index (χ3n) is 5.26. The molecule has 2 aromatic carbocycles. The van der Waals surface area contributed by atoms with Gasteiger partial charge in [0.2, 0.25) is 0 Å². The summed E-state index contributed by atoms with van der Waals surface area (Å²) in [6, 6.07) is 17.4. The van der Waals surface area contributed by atoms with Crippen molar-refractivity contribution in [1.82, 2.24) is 19.5 Å². The smallest absolute Gasteiger partial charge is 0.160 e. The molecule has 0 amide bonds. The van der Waals surface area contributed by atoms with E-state index in [1.54, 1.807) is 18.5 Å². The van der Waals surface area contributed by atoms with Gasteiger partial charge in [-0.1, -0.05) is 12.1 Å². The Morgan fingerprint density at radius 1 is 0.964 bits per heavy atom. The van der Waals surface area contributed by atoms with Gasteiger partial charge in [-0.2, -0.15) is 0 Å². The normalized spacial score (nSPS) is 14.9. The molecule has 0 bridgehead atoms. The molecule has 1 aliphatic heterocycles. The first-order chi connectivity index (χ1) is 13.7. The molecular formula is C22H20FN5. The molecule has 0 radical (unpaired) electrons. The maximum atomic E-state index is 13.8. The highest BCUT2D eigenvalue weighted by Crippen LogP contribution is 2.34. The number of aromatic nitrogens is 3. The summed E-state index contributed by atoms with van der Waals surface area (Å²) < 4.78 is 15.7. The molecule has 0 saturated carbocycles. The number of fused-ring (bicyclic) bond motifs is 2. The number of benzene rings is 2. The number of nitrogens with zero attached hydrogens (tertiary/aromatic N) is 5. The second kappa shape index (κ2) is 6.73. The van der Waals surface area contributed by atoms with Gasteiger partial charge in [0.05, 0.1) is 0 Å². The first kappa shape index (κ1) is 16.9. The molecule has 5 rings (SSSR count). The second-order valence-corrected chi connectivity index (χ2v) is 7.23. The summed E-state index contributed by atoms with van der Waals surface area (Å²) in [5, 5.41) is 8.01. The van der Waals surface area contributed by atoms with Gasteiger partial charge >= 0.3 is 0 Å². The van der Waals surface area contributed by atoms with Crippen molar-refractivity contribution in [2.24, 2.45) is 0 Å². The predicted octanol–water partition coefficient (Wildman–Crippen LogP) is 4.12. The SMILES string of the molecule is CN1CCN(c2cccc(F)c2)c2ccc(-c3ccc4nncn4c3)cc2C1. The van der Waals surface area contributed by atoms with Crippen molar-refractivity contribution in [3.8, 4) is 11.1 Å². The molecule has 0 spiro atoms. The lowest BCUT2D eigenvalue weighted by molar-refractivity contribution is 0.343. The largest absolute Gasteiger partial charge is 0.340 e. The van der Waals surface area contributed by atoms with E-state index in [2.05, 4.69) is 51.3 Å². The maximum absolute atomic E-state index is 13.8. The quantitative estimate of drug-likeness (QED) is 0.530. The van der Waals surface area contributed by atoms with Crippen molar-refractivity contribution in [2.45, 2.75) is 6.54 Å². The van der Waals surface area contributed by atoms with Crippen LogP contribution in [0.15, 0.2) is 67.1 Å². The standard InChI is InChI=1S/C22H20FN5/c1-26-9-10-28(20-4-2-3-19(23)12-20)21-7-5-16(11-18(21)13-26)17-6-8-22-25-24-15-27(22)14-17/h2-8,11-12,14-15H,9-10,13H2,1H3. The summed E-state index contributed by atoms with van der Waals surface area (Å²) in [5.74, 6) is -0.212. The highest BCUT2D eigenvalue weighted by Gasteiger charge is 2.20. The van der Waals surface area contributed by atoms with E-state index in [-0.39, 0.29) is 5.82 Å². The number of pyridine rings is 1. The molecule has 5 nitrogen and oxygen atoms in total. The molecule has 0 N–H and O–H groups in total. The summed E-state index contributed by atoms with van der Waals surface area (Å²) in [5.41, 5.74) is 6.32. The molecule has 0 fully saturated rings. The predicted molar refractivity (Wildman–Crippen MR) is 108 cm³/mol. The molecule has 0 saturated heterocycles. The first-order valence-corrected chi connectivity index (χ1v) is 9.32.